The summed E-state index contributed by atoms with van der Waals surface area (Å²) < 4.78 is 0.910. The zero-order valence-electron chi connectivity index (χ0n) is 10.8. The summed E-state index contributed by atoms with van der Waals surface area (Å²) in [5.74, 6) is -0.411. The van der Waals surface area contributed by atoms with Crippen LogP contribution in [0.15, 0.2) is 53.0 Å². The van der Waals surface area contributed by atoms with Crippen LogP contribution < -0.4 is 10.6 Å². The van der Waals surface area contributed by atoms with E-state index in [2.05, 4.69) is 26.6 Å². The number of hydrogen-bond acceptors (Lipinski definition) is 2. The highest BCUT2D eigenvalue weighted by molar-refractivity contribution is 9.10. The molecule has 0 aromatic heterocycles. The Bertz CT molecular complexity index is 639. The van der Waals surface area contributed by atoms with Crippen molar-refractivity contribution >= 4 is 39.1 Å². The molecule has 0 fully saturated rings. The number of benzene rings is 2. The smallest absolute Gasteiger partial charge is 0.255 e. The predicted molar refractivity (Wildman–Crippen MR) is 82.8 cm³/mol. The number of anilines is 2. The summed E-state index contributed by atoms with van der Waals surface area (Å²) in [5, 5.41) is 5.46. The molecule has 0 bridgehead atoms. The summed E-state index contributed by atoms with van der Waals surface area (Å²) in [4.78, 5) is 23.3. The first-order chi connectivity index (χ1) is 9.56. The van der Waals surface area contributed by atoms with Gasteiger partial charge in [-0.25, -0.2) is 0 Å². The molecular formula is C15H13BrN2O2. The molecule has 0 aliphatic rings. The lowest BCUT2D eigenvalue weighted by molar-refractivity contribution is -0.114. The second-order valence-electron chi connectivity index (χ2n) is 4.19. The molecule has 0 spiro atoms. The highest BCUT2D eigenvalue weighted by Gasteiger charge is 2.09. The highest BCUT2D eigenvalue weighted by Crippen LogP contribution is 2.22. The van der Waals surface area contributed by atoms with Gasteiger partial charge in [0.15, 0.2) is 0 Å². The zero-order valence-corrected chi connectivity index (χ0v) is 12.4. The lowest BCUT2D eigenvalue weighted by Gasteiger charge is -2.11. The number of nitrogens with one attached hydrogen (secondary N) is 2. The van der Waals surface area contributed by atoms with Crippen LogP contribution in [-0.4, -0.2) is 11.8 Å². The van der Waals surface area contributed by atoms with Crippen molar-refractivity contribution in [2.75, 3.05) is 10.6 Å². The molecule has 0 radical (unpaired) electrons. The Kier molecular flexibility index (Phi) is 4.53. The highest BCUT2D eigenvalue weighted by atomic mass is 79.9. The lowest BCUT2D eigenvalue weighted by Crippen LogP contribution is -2.15. The van der Waals surface area contributed by atoms with Crippen molar-refractivity contribution in [3.8, 4) is 0 Å². The average molecular weight is 333 g/mol. The summed E-state index contributed by atoms with van der Waals surface area (Å²) in [6.45, 7) is 1.42. The van der Waals surface area contributed by atoms with Gasteiger partial charge in [-0.15, -0.1) is 0 Å². The lowest BCUT2D eigenvalue weighted by atomic mass is 10.2. The summed E-state index contributed by atoms with van der Waals surface area (Å²) in [6, 6.07) is 14.1. The molecular weight excluding hydrogens is 320 g/mol. The number of hydrogen-bond donors (Lipinski definition) is 2. The molecule has 0 saturated heterocycles. The van der Waals surface area contributed by atoms with Gasteiger partial charge in [0.05, 0.1) is 11.4 Å². The molecule has 0 saturated carbocycles. The molecule has 4 nitrogen and oxygen atoms in total. The summed E-state index contributed by atoms with van der Waals surface area (Å²) in [5.41, 5.74) is 1.69. The number of para-hydroxylation sites is 2. The van der Waals surface area contributed by atoms with Gasteiger partial charge in [0, 0.05) is 17.0 Å². The molecule has 2 aromatic carbocycles. The number of halogens is 1. The first kappa shape index (κ1) is 14.3. The molecule has 102 valence electrons. The fourth-order valence-electron chi connectivity index (χ4n) is 1.69. The number of amides is 2. The zero-order chi connectivity index (χ0) is 14.5. The molecule has 0 aliphatic heterocycles. The third-order valence-corrected chi connectivity index (χ3v) is 3.12. The van der Waals surface area contributed by atoms with Crippen molar-refractivity contribution in [3.05, 3.63) is 58.6 Å². The monoisotopic (exact) mass is 332 g/mol. The normalized spacial score (nSPS) is 9.90. The van der Waals surface area contributed by atoms with Gasteiger partial charge in [0.25, 0.3) is 5.91 Å². The van der Waals surface area contributed by atoms with E-state index in [-0.39, 0.29) is 11.8 Å². The van der Waals surface area contributed by atoms with E-state index in [1.807, 2.05) is 0 Å². The molecule has 5 heteroatoms. The SMILES string of the molecule is CC(=O)Nc1ccccc1NC(=O)c1ccc(Br)cc1. The molecule has 20 heavy (non-hydrogen) atoms. The summed E-state index contributed by atoms with van der Waals surface area (Å²) in [7, 11) is 0. The number of rotatable bonds is 3. The van der Waals surface area contributed by atoms with E-state index in [0.29, 0.717) is 16.9 Å². The van der Waals surface area contributed by atoms with E-state index in [1.54, 1.807) is 48.5 Å². The van der Waals surface area contributed by atoms with Crippen molar-refractivity contribution < 1.29 is 9.59 Å². The minimum absolute atomic E-state index is 0.185. The Balaban J connectivity index is 2.19. The first-order valence-electron chi connectivity index (χ1n) is 6.00. The van der Waals surface area contributed by atoms with Gasteiger partial charge in [-0.1, -0.05) is 28.1 Å². The molecule has 2 aromatic rings. The molecule has 2 rings (SSSR count). The molecule has 0 aliphatic carbocycles. The van der Waals surface area contributed by atoms with E-state index in [1.165, 1.54) is 6.92 Å². The minimum atomic E-state index is -0.227. The van der Waals surface area contributed by atoms with Gasteiger partial charge in [-0.05, 0) is 36.4 Å². The second kappa shape index (κ2) is 6.34. The maximum Gasteiger partial charge on any atom is 0.255 e. The van der Waals surface area contributed by atoms with E-state index in [0.717, 1.165) is 4.47 Å². The minimum Gasteiger partial charge on any atom is -0.325 e. The predicted octanol–water partition coefficient (Wildman–Crippen LogP) is 3.66. The van der Waals surface area contributed by atoms with E-state index < -0.39 is 0 Å². The van der Waals surface area contributed by atoms with Crippen LogP contribution in [0.2, 0.25) is 0 Å². The standard InChI is InChI=1S/C15H13BrN2O2/c1-10(19)17-13-4-2-3-5-14(13)18-15(20)11-6-8-12(16)9-7-11/h2-9H,1H3,(H,17,19)(H,18,20). The van der Waals surface area contributed by atoms with Crippen LogP contribution in [0.4, 0.5) is 11.4 Å². The fourth-order valence-corrected chi connectivity index (χ4v) is 1.95. The first-order valence-corrected chi connectivity index (χ1v) is 6.79. The topological polar surface area (TPSA) is 58.2 Å². The van der Waals surface area contributed by atoms with E-state index in [9.17, 15) is 9.59 Å². The maximum atomic E-state index is 12.1. The molecule has 0 unspecified atom stereocenters. The van der Waals surface area contributed by atoms with Crippen molar-refractivity contribution in [2.24, 2.45) is 0 Å². The Labute approximate surface area is 125 Å². The van der Waals surface area contributed by atoms with Gasteiger partial charge < -0.3 is 10.6 Å². The van der Waals surface area contributed by atoms with Crippen molar-refractivity contribution in [1.82, 2.24) is 0 Å². The summed E-state index contributed by atoms with van der Waals surface area (Å²) in [6.07, 6.45) is 0. The van der Waals surface area contributed by atoms with Gasteiger partial charge >= 0.3 is 0 Å². The van der Waals surface area contributed by atoms with Crippen LogP contribution in [0.5, 0.6) is 0 Å². The van der Waals surface area contributed by atoms with E-state index >= 15 is 0 Å². The van der Waals surface area contributed by atoms with Crippen LogP contribution in [0.1, 0.15) is 17.3 Å². The number of carbonyl (C=O) groups excluding carboxylic acids is 2. The number of carbonyl (C=O) groups is 2. The molecule has 0 heterocycles. The maximum absolute atomic E-state index is 12.1. The van der Waals surface area contributed by atoms with Crippen molar-refractivity contribution in [3.63, 3.8) is 0 Å². The molecule has 0 atom stereocenters. The second-order valence-corrected chi connectivity index (χ2v) is 5.10. The van der Waals surface area contributed by atoms with Crippen LogP contribution in [0, 0.1) is 0 Å². The quantitative estimate of drug-likeness (QED) is 0.901. The Hall–Kier alpha value is -2.14. The van der Waals surface area contributed by atoms with Gasteiger partial charge in [-0.3, -0.25) is 9.59 Å². The summed E-state index contributed by atoms with van der Waals surface area (Å²) >= 11 is 3.32. The van der Waals surface area contributed by atoms with Gasteiger partial charge in [0.1, 0.15) is 0 Å². The van der Waals surface area contributed by atoms with Crippen molar-refractivity contribution in [1.29, 1.82) is 0 Å². The molecule has 2 amide bonds. The fraction of sp³-hybridized carbons (Fsp3) is 0.0667. The average Bonchev–Trinajstić information content (AvgIpc) is 2.41. The Morgan fingerprint density at radius 2 is 1.45 bits per heavy atom. The van der Waals surface area contributed by atoms with Gasteiger partial charge in [0.2, 0.25) is 5.91 Å². The third-order valence-electron chi connectivity index (χ3n) is 2.59. The van der Waals surface area contributed by atoms with Crippen LogP contribution >= 0.6 is 15.9 Å². The Morgan fingerprint density at radius 3 is 2.00 bits per heavy atom. The van der Waals surface area contributed by atoms with Crippen LogP contribution in [0.25, 0.3) is 0 Å². The Morgan fingerprint density at radius 1 is 0.900 bits per heavy atom. The van der Waals surface area contributed by atoms with Gasteiger partial charge in [-0.2, -0.15) is 0 Å². The largest absolute Gasteiger partial charge is 0.325 e. The van der Waals surface area contributed by atoms with Crippen LogP contribution in [0.3, 0.4) is 0 Å². The third kappa shape index (κ3) is 3.68. The van der Waals surface area contributed by atoms with Crippen molar-refractivity contribution in [2.45, 2.75) is 6.92 Å². The molecule has 2 N–H and O–H groups in total. The van der Waals surface area contributed by atoms with E-state index in [4.69, 9.17) is 0 Å². The van der Waals surface area contributed by atoms with Crippen LogP contribution in [-0.2, 0) is 4.79 Å².